The van der Waals surface area contributed by atoms with E-state index in [2.05, 4.69) is 11.4 Å². The van der Waals surface area contributed by atoms with Crippen LogP contribution in [-0.2, 0) is 13.7 Å². The number of unbranched alkanes of at least 4 members (excludes halogenated alkanes) is 13. The Bertz CT molecular complexity index is 378. The van der Waals surface area contributed by atoms with Crippen LogP contribution in [0.1, 0.15) is 96.8 Å². The van der Waals surface area contributed by atoms with Gasteiger partial charge in [0, 0.05) is 0 Å². The van der Waals surface area contributed by atoms with Crippen LogP contribution in [0.5, 0.6) is 0 Å². The second kappa shape index (κ2) is 22.5. The molecule has 0 rings (SSSR count). The fraction of sp³-hybridized carbons (Fsp3) is 1.00. The van der Waals surface area contributed by atoms with Gasteiger partial charge in [-0.1, -0.05) is 90.4 Å². The van der Waals surface area contributed by atoms with Gasteiger partial charge >= 0.3 is 67.0 Å². The molecule has 0 aromatic carbocycles. The molecule has 0 bridgehead atoms. The van der Waals surface area contributed by atoms with E-state index in [-0.39, 0.29) is 58.0 Å². The van der Waals surface area contributed by atoms with E-state index in [4.69, 9.17) is 29.0 Å². The summed E-state index contributed by atoms with van der Waals surface area (Å²) in [6.07, 6.45) is 17.8. The topological polar surface area (TPSA) is 145 Å². The van der Waals surface area contributed by atoms with E-state index < -0.39 is 15.6 Å². The maximum absolute atomic E-state index is 10.4. The molecule has 0 aliphatic rings. The van der Waals surface area contributed by atoms with Gasteiger partial charge in [-0.3, -0.25) is 4.52 Å². The summed E-state index contributed by atoms with van der Waals surface area (Å²) in [5.41, 5.74) is 0. The molecule has 0 fully saturated rings. The first-order valence-electron chi connectivity index (χ1n) is 9.54. The molecule has 0 saturated heterocycles. The van der Waals surface area contributed by atoms with Crippen molar-refractivity contribution in [2.45, 2.75) is 96.8 Å². The molecule has 0 heterocycles. The van der Waals surface area contributed by atoms with Crippen LogP contribution in [0.15, 0.2) is 0 Å². The second-order valence-corrected chi connectivity index (χ2v) is 8.70. The van der Waals surface area contributed by atoms with Crippen molar-refractivity contribution in [3.05, 3.63) is 0 Å². The average Bonchev–Trinajstić information content (AvgIpc) is 2.48. The Hall–Kier alpha value is 1.86. The molecule has 0 saturated carbocycles. The van der Waals surface area contributed by atoms with E-state index in [1.807, 2.05) is 0 Å². The standard InChI is InChI=1S/C16H35O4P.K.H3O4P.H/c1-2-3-4-5-6-7-8-9-10-11-12-13-14-15-16-20-21(17,18)19;;1-5(2,3)4;/h2-16H2,1H3,(H2,17,18,19);;(H3,1,2,3,4);. The molecule has 0 aliphatic heterocycles. The van der Waals surface area contributed by atoms with Gasteiger partial charge in [-0.05, 0) is 6.42 Å². The van der Waals surface area contributed by atoms with E-state index >= 15 is 0 Å². The Morgan fingerprint density at radius 2 is 0.852 bits per heavy atom. The Morgan fingerprint density at radius 3 is 1.11 bits per heavy atom. The summed E-state index contributed by atoms with van der Waals surface area (Å²) >= 11 is 0. The van der Waals surface area contributed by atoms with Crippen LogP contribution in [0.3, 0.4) is 0 Å². The Morgan fingerprint density at radius 1 is 0.593 bits per heavy atom. The van der Waals surface area contributed by atoms with E-state index in [1.54, 1.807) is 0 Å². The van der Waals surface area contributed by atoms with Gasteiger partial charge in [-0.2, -0.15) is 0 Å². The van der Waals surface area contributed by atoms with Crippen LogP contribution in [0.2, 0.25) is 0 Å². The first kappa shape index (κ1) is 33.5. The molecule has 5 N–H and O–H groups in total. The molecule has 11 heteroatoms. The van der Waals surface area contributed by atoms with Crippen molar-refractivity contribution in [2.75, 3.05) is 6.61 Å². The molecular weight excluding hydrogens is 421 g/mol. The van der Waals surface area contributed by atoms with Crippen molar-refractivity contribution >= 4 is 67.0 Å². The predicted molar refractivity (Wildman–Crippen MR) is 110 cm³/mol. The van der Waals surface area contributed by atoms with Gasteiger partial charge in [0.25, 0.3) is 0 Å². The van der Waals surface area contributed by atoms with Crippen molar-refractivity contribution in [3.63, 3.8) is 0 Å². The van der Waals surface area contributed by atoms with Crippen LogP contribution in [-0.4, -0.2) is 82.5 Å². The van der Waals surface area contributed by atoms with Gasteiger partial charge in [0.05, 0.1) is 6.61 Å². The molecular formula is C16H39KO8P2. The van der Waals surface area contributed by atoms with Crippen molar-refractivity contribution in [2.24, 2.45) is 0 Å². The number of rotatable bonds is 16. The summed E-state index contributed by atoms with van der Waals surface area (Å²) in [5.74, 6) is 0. The third kappa shape index (κ3) is 47.2. The van der Waals surface area contributed by atoms with Gasteiger partial charge in [-0.15, -0.1) is 0 Å². The first-order valence-corrected chi connectivity index (χ1v) is 12.6. The van der Waals surface area contributed by atoms with Crippen molar-refractivity contribution in [3.8, 4) is 0 Å². The quantitative estimate of drug-likeness (QED) is 0.132. The zero-order valence-corrected chi connectivity index (χ0v) is 17.8. The average molecular weight is 461 g/mol. The Balaban J connectivity index is -0.000000844. The molecule has 0 aromatic rings. The molecule has 0 amide bonds. The maximum atomic E-state index is 10.4. The molecule has 0 aliphatic carbocycles. The molecule has 162 valence electrons. The zero-order valence-electron chi connectivity index (χ0n) is 16.0. The van der Waals surface area contributed by atoms with Crippen LogP contribution in [0, 0.1) is 0 Å². The third-order valence-corrected chi connectivity index (χ3v) is 4.28. The van der Waals surface area contributed by atoms with Crippen molar-refractivity contribution in [1.29, 1.82) is 0 Å². The van der Waals surface area contributed by atoms with Crippen LogP contribution in [0.25, 0.3) is 0 Å². The van der Waals surface area contributed by atoms with Crippen LogP contribution < -0.4 is 0 Å². The van der Waals surface area contributed by atoms with Crippen LogP contribution in [0.4, 0.5) is 0 Å². The normalized spacial score (nSPS) is 11.5. The van der Waals surface area contributed by atoms with Gasteiger partial charge in [-0.25, -0.2) is 9.13 Å². The van der Waals surface area contributed by atoms with Gasteiger partial charge in [0.1, 0.15) is 0 Å². The zero-order chi connectivity index (χ0) is 20.3. The molecule has 0 spiro atoms. The van der Waals surface area contributed by atoms with E-state index in [0.29, 0.717) is 0 Å². The Kier molecular flexibility index (Phi) is 28.0. The Labute approximate surface area is 206 Å². The molecule has 0 radical (unpaired) electrons. The van der Waals surface area contributed by atoms with E-state index in [1.165, 1.54) is 70.6 Å². The molecule has 0 aromatic heterocycles. The second-order valence-electron chi connectivity index (χ2n) is 6.43. The summed E-state index contributed by atoms with van der Waals surface area (Å²) in [6.45, 7) is 2.42. The minimum atomic E-state index is -4.64. The summed E-state index contributed by atoms with van der Waals surface area (Å²) in [7, 11) is -8.89. The minimum absolute atomic E-state index is 0. The summed E-state index contributed by atoms with van der Waals surface area (Å²) < 4.78 is 23.7. The number of hydrogen-bond acceptors (Lipinski definition) is 3. The molecule has 27 heavy (non-hydrogen) atoms. The SMILES string of the molecule is CCCCCCCCCCCCCCCCOP(=O)(O)O.O=P(O)(O)O.[KH]. The van der Waals surface area contributed by atoms with Gasteiger partial charge < -0.3 is 24.5 Å². The number of phosphoric ester groups is 1. The summed E-state index contributed by atoms with van der Waals surface area (Å²) in [5, 5.41) is 0. The number of phosphoric acid groups is 2. The monoisotopic (exact) mass is 460 g/mol. The first-order chi connectivity index (χ1) is 12.1. The van der Waals surface area contributed by atoms with Crippen molar-refractivity contribution < 1.29 is 38.1 Å². The van der Waals surface area contributed by atoms with Crippen LogP contribution >= 0.6 is 15.6 Å². The summed E-state index contributed by atoms with van der Waals surface area (Å²) in [6, 6.07) is 0. The predicted octanol–water partition coefficient (Wildman–Crippen LogP) is 4.00. The van der Waals surface area contributed by atoms with E-state index in [0.717, 1.165) is 19.3 Å². The number of hydrogen-bond donors (Lipinski definition) is 5. The molecule has 0 atom stereocenters. The fourth-order valence-electron chi connectivity index (χ4n) is 2.48. The van der Waals surface area contributed by atoms with Crippen molar-refractivity contribution in [1.82, 2.24) is 0 Å². The fourth-order valence-corrected chi connectivity index (χ4v) is 2.85. The van der Waals surface area contributed by atoms with E-state index in [9.17, 15) is 4.57 Å². The van der Waals surface area contributed by atoms with Gasteiger partial charge in [0.15, 0.2) is 0 Å². The molecule has 0 unspecified atom stereocenters. The summed E-state index contributed by atoms with van der Waals surface area (Å²) in [4.78, 5) is 38.6. The molecule has 8 nitrogen and oxygen atoms in total. The third-order valence-electron chi connectivity index (χ3n) is 3.76. The van der Waals surface area contributed by atoms with Gasteiger partial charge in [0.2, 0.25) is 0 Å².